The van der Waals surface area contributed by atoms with Gasteiger partial charge in [-0.05, 0) is 44.0 Å². The van der Waals surface area contributed by atoms with Crippen molar-refractivity contribution in [1.82, 2.24) is 10.6 Å². The Hall–Kier alpha value is -2.14. The summed E-state index contributed by atoms with van der Waals surface area (Å²) in [7, 11) is 0. The van der Waals surface area contributed by atoms with Crippen LogP contribution in [0.3, 0.4) is 0 Å². The lowest BCUT2D eigenvalue weighted by molar-refractivity contribution is 0.609. The van der Waals surface area contributed by atoms with E-state index < -0.39 is 5.82 Å². The van der Waals surface area contributed by atoms with Gasteiger partial charge in [0.2, 0.25) is 0 Å². The van der Waals surface area contributed by atoms with E-state index in [2.05, 4.69) is 47.7 Å². The number of halogens is 2. The van der Waals surface area contributed by atoms with E-state index >= 15 is 0 Å². The van der Waals surface area contributed by atoms with Crippen LogP contribution >= 0.6 is 24.0 Å². The van der Waals surface area contributed by atoms with Gasteiger partial charge in [-0.15, -0.1) is 24.0 Å². The Balaban J connectivity index is 0.00000338. The fourth-order valence-electron chi connectivity index (χ4n) is 2.47. The van der Waals surface area contributed by atoms with Crippen molar-refractivity contribution in [2.75, 3.05) is 6.54 Å². The molecule has 2 aromatic rings. The summed E-state index contributed by atoms with van der Waals surface area (Å²) in [6.07, 6.45) is 0. The third-order valence-corrected chi connectivity index (χ3v) is 3.88. The van der Waals surface area contributed by atoms with Crippen LogP contribution in [0.4, 0.5) is 4.39 Å². The molecule has 0 saturated heterocycles. The summed E-state index contributed by atoms with van der Waals surface area (Å²) in [5.41, 5.74) is 4.42. The molecule has 0 bridgehead atoms. The second-order valence-electron chi connectivity index (χ2n) is 5.90. The SMILES string of the molecule is CCNC(=NCc1ccc(C#N)cc1F)NCc1ccc(C)cc1C.I. The standard InChI is InChI=1S/C20H23FN4.HI/c1-4-23-20(24-12-17-7-5-14(2)9-15(17)3)25-13-18-8-6-16(11-22)10-19(18)21;/h5-10H,4,12-13H2,1-3H3,(H2,23,24,25);1H. The Morgan fingerprint density at radius 3 is 2.46 bits per heavy atom. The maximum absolute atomic E-state index is 14.0. The van der Waals surface area contributed by atoms with Gasteiger partial charge in [0.15, 0.2) is 5.96 Å². The van der Waals surface area contributed by atoms with Crippen molar-refractivity contribution in [2.45, 2.75) is 33.9 Å². The highest BCUT2D eigenvalue weighted by molar-refractivity contribution is 14.0. The van der Waals surface area contributed by atoms with Crippen molar-refractivity contribution >= 4 is 29.9 Å². The predicted molar refractivity (Wildman–Crippen MR) is 114 cm³/mol. The Bertz CT molecular complexity index is 812. The smallest absolute Gasteiger partial charge is 0.191 e. The van der Waals surface area contributed by atoms with Gasteiger partial charge in [-0.3, -0.25) is 0 Å². The van der Waals surface area contributed by atoms with Crippen LogP contribution < -0.4 is 10.6 Å². The Kier molecular flexibility index (Phi) is 9.07. The van der Waals surface area contributed by atoms with E-state index in [4.69, 9.17) is 5.26 Å². The molecule has 0 aliphatic heterocycles. The average molecular weight is 466 g/mol. The first-order valence-corrected chi connectivity index (χ1v) is 8.30. The van der Waals surface area contributed by atoms with Gasteiger partial charge < -0.3 is 10.6 Å². The quantitative estimate of drug-likeness (QED) is 0.395. The van der Waals surface area contributed by atoms with Gasteiger partial charge >= 0.3 is 0 Å². The third kappa shape index (κ3) is 6.30. The molecule has 26 heavy (non-hydrogen) atoms. The van der Waals surface area contributed by atoms with Crippen molar-refractivity contribution in [3.05, 3.63) is 70.0 Å². The zero-order valence-corrected chi connectivity index (χ0v) is 17.6. The molecule has 0 radical (unpaired) electrons. The fourth-order valence-corrected chi connectivity index (χ4v) is 2.47. The molecule has 0 heterocycles. The van der Waals surface area contributed by atoms with Crippen LogP contribution in [0.1, 0.15) is 34.7 Å². The van der Waals surface area contributed by atoms with Gasteiger partial charge in [-0.1, -0.05) is 29.8 Å². The van der Waals surface area contributed by atoms with Crippen molar-refractivity contribution in [1.29, 1.82) is 5.26 Å². The lowest BCUT2D eigenvalue weighted by Gasteiger charge is -2.13. The summed E-state index contributed by atoms with van der Waals surface area (Å²) >= 11 is 0. The minimum Gasteiger partial charge on any atom is -0.357 e. The molecule has 2 N–H and O–H groups in total. The largest absolute Gasteiger partial charge is 0.357 e. The first kappa shape index (κ1) is 21.9. The maximum atomic E-state index is 14.0. The van der Waals surface area contributed by atoms with Crippen LogP contribution in [0.2, 0.25) is 0 Å². The van der Waals surface area contributed by atoms with Gasteiger partial charge in [-0.2, -0.15) is 5.26 Å². The average Bonchev–Trinajstić information content (AvgIpc) is 2.59. The predicted octanol–water partition coefficient (Wildman–Crippen LogP) is 4.19. The van der Waals surface area contributed by atoms with Crippen LogP contribution in [0, 0.1) is 31.0 Å². The van der Waals surface area contributed by atoms with Gasteiger partial charge in [0.1, 0.15) is 5.82 Å². The van der Waals surface area contributed by atoms with Gasteiger partial charge in [0.25, 0.3) is 0 Å². The molecule has 0 atom stereocenters. The van der Waals surface area contributed by atoms with Gasteiger partial charge in [-0.25, -0.2) is 9.38 Å². The lowest BCUT2D eigenvalue weighted by atomic mass is 10.1. The minimum absolute atomic E-state index is 0. The Morgan fingerprint density at radius 2 is 1.85 bits per heavy atom. The highest BCUT2D eigenvalue weighted by atomic mass is 127. The zero-order chi connectivity index (χ0) is 18.2. The highest BCUT2D eigenvalue weighted by Crippen LogP contribution is 2.12. The zero-order valence-electron chi connectivity index (χ0n) is 15.3. The van der Waals surface area contributed by atoms with Crippen molar-refractivity contribution < 1.29 is 4.39 Å². The fraction of sp³-hybridized carbons (Fsp3) is 0.300. The van der Waals surface area contributed by atoms with Gasteiger partial charge in [0.05, 0.1) is 18.2 Å². The van der Waals surface area contributed by atoms with Crippen LogP contribution in [-0.2, 0) is 13.1 Å². The number of hydrogen-bond donors (Lipinski definition) is 2. The monoisotopic (exact) mass is 466 g/mol. The third-order valence-electron chi connectivity index (χ3n) is 3.88. The van der Waals surface area contributed by atoms with E-state index in [1.54, 1.807) is 12.1 Å². The van der Waals surface area contributed by atoms with E-state index in [0.29, 0.717) is 30.2 Å². The molecule has 138 valence electrons. The van der Waals surface area contributed by atoms with E-state index in [0.717, 1.165) is 0 Å². The number of nitrogens with one attached hydrogen (secondary N) is 2. The van der Waals surface area contributed by atoms with Gasteiger partial charge in [0, 0.05) is 18.7 Å². The first-order valence-electron chi connectivity index (χ1n) is 8.30. The summed E-state index contributed by atoms with van der Waals surface area (Å²) in [5.74, 6) is 0.222. The number of benzene rings is 2. The normalized spacial score (nSPS) is 10.7. The molecule has 0 aromatic heterocycles. The summed E-state index contributed by atoms with van der Waals surface area (Å²) in [6.45, 7) is 7.71. The van der Waals surface area contributed by atoms with Crippen LogP contribution in [0.15, 0.2) is 41.4 Å². The lowest BCUT2D eigenvalue weighted by Crippen LogP contribution is -2.37. The van der Waals surface area contributed by atoms with Crippen molar-refractivity contribution in [3.63, 3.8) is 0 Å². The number of aliphatic imine (C=N–C) groups is 1. The molecule has 6 heteroatoms. The molecule has 0 fully saturated rings. The number of nitriles is 1. The molecule has 0 aliphatic carbocycles. The summed E-state index contributed by atoms with van der Waals surface area (Å²) < 4.78 is 14.0. The molecule has 0 unspecified atom stereocenters. The van der Waals surface area contributed by atoms with Crippen molar-refractivity contribution in [3.8, 4) is 6.07 Å². The van der Waals surface area contributed by atoms with Crippen molar-refractivity contribution in [2.24, 2.45) is 4.99 Å². The topological polar surface area (TPSA) is 60.2 Å². The minimum atomic E-state index is -0.409. The van der Waals surface area contributed by atoms with E-state index in [9.17, 15) is 4.39 Å². The van der Waals surface area contributed by atoms with E-state index in [-0.39, 0.29) is 30.5 Å². The Labute approximate surface area is 171 Å². The molecule has 2 aromatic carbocycles. The molecule has 2 rings (SSSR count). The molecular formula is C20H24FIN4. The number of guanidine groups is 1. The summed E-state index contributed by atoms with van der Waals surface area (Å²) in [6, 6.07) is 12.7. The number of aryl methyl sites for hydroxylation is 2. The number of hydrogen-bond acceptors (Lipinski definition) is 2. The number of nitrogens with zero attached hydrogens (tertiary/aromatic N) is 2. The van der Waals surface area contributed by atoms with Crippen LogP contribution in [0.5, 0.6) is 0 Å². The van der Waals surface area contributed by atoms with E-state index in [1.807, 2.05) is 13.0 Å². The molecule has 0 aliphatic rings. The highest BCUT2D eigenvalue weighted by Gasteiger charge is 2.05. The molecule has 0 saturated carbocycles. The van der Waals surface area contributed by atoms with Crippen LogP contribution in [0.25, 0.3) is 0 Å². The number of rotatable bonds is 5. The second-order valence-corrected chi connectivity index (χ2v) is 5.90. The summed E-state index contributed by atoms with van der Waals surface area (Å²) in [4.78, 5) is 4.43. The molecular weight excluding hydrogens is 442 g/mol. The molecule has 0 amide bonds. The summed E-state index contributed by atoms with van der Waals surface area (Å²) in [5, 5.41) is 15.2. The first-order chi connectivity index (χ1) is 12.0. The van der Waals surface area contributed by atoms with Crippen LogP contribution in [-0.4, -0.2) is 12.5 Å². The van der Waals surface area contributed by atoms with E-state index in [1.165, 1.54) is 22.8 Å². The molecule has 0 spiro atoms. The second kappa shape index (κ2) is 10.8. The Morgan fingerprint density at radius 1 is 1.12 bits per heavy atom. The maximum Gasteiger partial charge on any atom is 0.191 e. The molecule has 4 nitrogen and oxygen atoms in total.